The second kappa shape index (κ2) is 10.4. The molecule has 4 aromatic rings. The molecule has 2 aromatic heterocycles. The van der Waals surface area contributed by atoms with Gasteiger partial charge in [0.25, 0.3) is 0 Å². The van der Waals surface area contributed by atoms with Crippen LogP contribution in [-0.2, 0) is 28.2 Å². The molecule has 0 bridgehead atoms. The highest BCUT2D eigenvalue weighted by atomic mass is 79.9. The molecule has 2 unspecified atom stereocenters. The van der Waals surface area contributed by atoms with Crippen LogP contribution < -0.4 is 4.74 Å². The molecule has 0 spiro atoms. The van der Waals surface area contributed by atoms with Crippen LogP contribution in [0.2, 0.25) is 0 Å². The van der Waals surface area contributed by atoms with Gasteiger partial charge in [0.2, 0.25) is 5.79 Å². The third-order valence-corrected chi connectivity index (χ3v) is 7.02. The van der Waals surface area contributed by atoms with E-state index in [9.17, 15) is 0 Å². The van der Waals surface area contributed by atoms with Gasteiger partial charge in [0.05, 0.1) is 17.3 Å². The number of hydrogen-bond acceptors (Lipinski definition) is 7. The number of aromatic nitrogens is 4. The van der Waals surface area contributed by atoms with E-state index in [1.807, 2.05) is 48.5 Å². The molecule has 1 fully saturated rings. The Morgan fingerprint density at radius 1 is 1.18 bits per heavy atom. The van der Waals surface area contributed by atoms with E-state index < -0.39 is 5.79 Å². The van der Waals surface area contributed by atoms with Crippen LogP contribution in [0.4, 0.5) is 0 Å². The van der Waals surface area contributed by atoms with Gasteiger partial charge in [-0.2, -0.15) is 5.10 Å². The Bertz CT molecular complexity index is 1200. The first-order valence-electron chi connectivity index (χ1n) is 11.2. The molecule has 7 nitrogen and oxygen atoms in total. The zero-order chi connectivity index (χ0) is 23.4. The first kappa shape index (κ1) is 23.2. The summed E-state index contributed by atoms with van der Waals surface area (Å²) in [5.41, 5.74) is 3.03. The molecule has 0 N–H and O–H groups in total. The molecule has 5 rings (SSSR count). The van der Waals surface area contributed by atoms with Crippen molar-refractivity contribution >= 4 is 27.3 Å². The van der Waals surface area contributed by atoms with Crippen LogP contribution in [0.5, 0.6) is 5.75 Å². The van der Waals surface area contributed by atoms with Crippen LogP contribution in [0.15, 0.2) is 71.0 Å². The molecular weight excluding hydrogens is 516 g/mol. The monoisotopic (exact) mass is 540 g/mol. The van der Waals surface area contributed by atoms with Crippen molar-refractivity contribution in [3.8, 4) is 17.0 Å². The summed E-state index contributed by atoms with van der Waals surface area (Å²) in [5.74, 6) is -0.165. The minimum atomic E-state index is -0.951. The fourth-order valence-corrected chi connectivity index (χ4v) is 5.06. The molecular formula is C25H25BrN4O3S. The lowest BCUT2D eigenvalue weighted by Gasteiger charge is -2.28. The average molecular weight is 541 g/mol. The minimum absolute atomic E-state index is 0.220. The lowest BCUT2D eigenvalue weighted by molar-refractivity contribution is -0.190. The Labute approximate surface area is 210 Å². The smallest absolute Gasteiger partial charge is 0.215 e. The minimum Gasteiger partial charge on any atom is -0.491 e. The predicted octanol–water partition coefficient (Wildman–Crippen LogP) is 5.46. The number of nitrogens with zero attached hydrogens (tertiary/aromatic N) is 4. The Kier molecular flexibility index (Phi) is 7.05. The van der Waals surface area contributed by atoms with Crippen molar-refractivity contribution in [2.75, 3.05) is 13.2 Å². The molecule has 2 atom stereocenters. The van der Waals surface area contributed by atoms with E-state index in [0.717, 1.165) is 39.9 Å². The Hall–Kier alpha value is -2.59. The maximum absolute atomic E-state index is 6.43. The van der Waals surface area contributed by atoms with Crippen LogP contribution in [0.25, 0.3) is 11.3 Å². The van der Waals surface area contributed by atoms with Crippen molar-refractivity contribution < 1.29 is 14.2 Å². The summed E-state index contributed by atoms with van der Waals surface area (Å²) in [6.07, 6.45) is 5.07. The van der Waals surface area contributed by atoms with Gasteiger partial charge >= 0.3 is 0 Å². The standard InChI is InChI=1S/C25H25BrN4O3S/c1-2-3-24-29-23(14-34-24)18-4-10-21(11-5-18)31-12-22-13-32-25(33-22,15-30-17-27-16-28-30)19-6-8-20(26)9-7-19/h4-11,14,16-17,22H,2-3,12-13,15H2,1H3. The molecule has 34 heavy (non-hydrogen) atoms. The van der Waals surface area contributed by atoms with Crippen molar-refractivity contribution in [1.82, 2.24) is 19.7 Å². The van der Waals surface area contributed by atoms with E-state index in [1.54, 1.807) is 22.3 Å². The molecule has 1 aliphatic heterocycles. The van der Waals surface area contributed by atoms with E-state index in [0.29, 0.717) is 19.8 Å². The van der Waals surface area contributed by atoms with Gasteiger partial charge in [-0.05, 0) is 49.2 Å². The quantitative estimate of drug-likeness (QED) is 0.280. The molecule has 1 aliphatic rings. The first-order valence-corrected chi connectivity index (χ1v) is 12.9. The number of benzene rings is 2. The first-order chi connectivity index (χ1) is 16.6. The number of ether oxygens (including phenoxy) is 3. The number of halogens is 1. The third kappa shape index (κ3) is 5.22. The molecule has 3 heterocycles. The molecule has 1 saturated heterocycles. The van der Waals surface area contributed by atoms with E-state index in [4.69, 9.17) is 19.2 Å². The highest BCUT2D eigenvalue weighted by molar-refractivity contribution is 9.10. The second-order valence-electron chi connectivity index (χ2n) is 8.12. The second-order valence-corrected chi connectivity index (χ2v) is 9.97. The van der Waals surface area contributed by atoms with E-state index in [2.05, 4.69) is 38.3 Å². The summed E-state index contributed by atoms with van der Waals surface area (Å²) in [6, 6.07) is 16.0. The summed E-state index contributed by atoms with van der Waals surface area (Å²) in [5, 5.41) is 7.52. The molecule has 0 amide bonds. The van der Waals surface area contributed by atoms with Crippen molar-refractivity contribution in [1.29, 1.82) is 0 Å². The molecule has 176 valence electrons. The lowest BCUT2D eigenvalue weighted by atomic mass is 10.1. The van der Waals surface area contributed by atoms with Gasteiger partial charge in [0.15, 0.2) is 0 Å². The van der Waals surface area contributed by atoms with Crippen LogP contribution in [0.3, 0.4) is 0 Å². The predicted molar refractivity (Wildman–Crippen MR) is 134 cm³/mol. The average Bonchev–Trinajstić information content (AvgIpc) is 3.62. The molecule has 2 aromatic carbocycles. The molecule has 0 aliphatic carbocycles. The van der Waals surface area contributed by atoms with Gasteiger partial charge in [0, 0.05) is 21.0 Å². The summed E-state index contributed by atoms with van der Waals surface area (Å²) in [6.45, 7) is 3.37. The topological polar surface area (TPSA) is 71.3 Å². The molecule has 0 radical (unpaired) electrons. The van der Waals surface area contributed by atoms with Crippen LogP contribution in [0.1, 0.15) is 23.9 Å². The van der Waals surface area contributed by atoms with Crippen molar-refractivity contribution in [3.63, 3.8) is 0 Å². The Balaban J connectivity index is 1.24. The van der Waals surface area contributed by atoms with E-state index >= 15 is 0 Å². The highest BCUT2D eigenvalue weighted by Gasteiger charge is 2.44. The fraction of sp³-hybridized carbons (Fsp3) is 0.320. The summed E-state index contributed by atoms with van der Waals surface area (Å²) < 4.78 is 21.4. The maximum atomic E-state index is 6.43. The highest BCUT2D eigenvalue weighted by Crippen LogP contribution is 2.37. The SMILES string of the molecule is CCCc1nc(-c2ccc(OCC3COC(Cn4cncn4)(c4ccc(Br)cc4)O3)cc2)cs1. The van der Waals surface area contributed by atoms with Gasteiger partial charge in [-0.25, -0.2) is 14.6 Å². The number of thiazole rings is 1. The van der Waals surface area contributed by atoms with Crippen molar-refractivity contribution in [2.24, 2.45) is 0 Å². The Morgan fingerprint density at radius 3 is 2.74 bits per heavy atom. The van der Waals surface area contributed by atoms with Gasteiger partial charge in [-0.3, -0.25) is 0 Å². The molecule has 0 saturated carbocycles. The van der Waals surface area contributed by atoms with Crippen LogP contribution >= 0.6 is 27.3 Å². The van der Waals surface area contributed by atoms with Gasteiger partial charge in [-0.15, -0.1) is 11.3 Å². The van der Waals surface area contributed by atoms with Gasteiger partial charge in [0.1, 0.15) is 37.7 Å². The van der Waals surface area contributed by atoms with E-state index in [1.165, 1.54) is 11.3 Å². The summed E-state index contributed by atoms with van der Waals surface area (Å²) in [4.78, 5) is 8.76. The normalized spacial score (nSPS) is 20.0. The van der Waals surface area contributed by atoms with Gasteiger partial charge in [-0.1, -0.05) is 35.0 Å². The number of aryl methyl sites for hydroxylation is 1. The van der Waals surface area contributed by atoms with Crippen molar-refractivity contribution in [2.45, 2.75) is 38.2 Å². The number of hydrogen-bond donors (Lipinski definition) is 0. The van der Waals surface area contributed by atoms with Crippen molar-refractivity contribution in [3.05, 3.63) is 81.6 Å². The zero-order valence-corrected chi connectivity index (χ0v) is 21.2. The third-order valence-electron chi connectivity index (χ3n) is 5.58. The number of rotatable bonds is 9. The Morgan fingerprint density at radius 2 is 2.00 bits per heavy atom. The fourth-order valence-electron chi connectivity index (χ4n) is 3.89. The maximum Gasteiger partial charge on any atom is 0.215 e. The lowest BCUT2D eigenvalue weighted by Crippen LogP contribution is -2.34. The molecule has 9 heteroatoms. The summed E-state index contributed by atoms with van der Waals surface area (Å²) >= 11 is 5.20. The van der Waals surface area contributed by atoms with Crippen LogP contribution in [-0.4, -0.2) is 39.1 Å². The van der Waals surface area contributed by atoms with E-state index in [-0.39, 0.29) is 6.10 Å². The van der Waals surface area contributed by atoms with Gasteiger partial charge < -0.3 is 14.2 Å². The summed E-state index contributed by atoms with van der Waals surface area (Å²) in [7, 11) is 0. The largest absolute Gasteiger partial charge is 0.491 e. The van der Waals surface area contributed by atoms with Crippen LogP contribution in [0, 0.1) is 0 Å². The zero-order valence-electron chi connectivity index (χ0n) is 18.8.